The van der Waals surface area contributed by atoms with Gasteiger partial charge in [0.25, 0.3) is 0 Å². The Morgan fingerprint density at radius 1 is 1.28 bits per heavy atom. The molecule has 0 radical (unpaired) electrons. The number of hydrogen-bond donors (Lipinski definition) is 1. The van der Waals surface area contributed by atoms with Crippen LogP contribution in [0.25, 0.3) is 6.08 Å². The highest BCUT2D eigenvalue weighted by Crippen LogP contribution is 2.42. The summed E-state index contributed by atoms with van der Waals surface area (Å²) >= 11 is 1.69. The maximum atomic E-state index is 12.1. The van der Waals surface area contributed by atoms with Crippen LogP contribution in [0.15, 0.2) is 53.2 Å². The van der Waals surface area contributed by atoms with Gasteiger partial charge in [-0.2, -0.15) is 16.4 Å². The molecule has 1 aliphatic carbocycles. The van der Waals surface area contributed by atoms with E-state index in [1.54, 1.807) is 18.3 Å². The van der Waals surface area contributed by atoms with E-state index in [2.05, 4.69) is 57.4 Å². The number of nitrogens with one attached hydrogen (secondary N) is 1. The van der Waals surface area contributed by atoms with Crippen molar-refractivity contribution in [1.82, 2.24) is 10.2 Å². The van der Waals surface area contributed by atoms with Crippen molar-refractivity contribution in [3.8, 4) is 0 Å². The smallest absolute Gasteiger partial charge is 0.359 e. The molecule has 2 aromatic heterocycles. The van der Waals surface area contributed by atoms with E-state index in [-0.39, 0.29) is 11.4 Å². The third-order valence-corrected chi connectivity index (χ3v) is 5.35. The summed E-state index contributed by atoms with van der Waals surface area (Å²) < 4.78 is 5.11. The zero-order valence-electron chi connectivity index (χ0n) is 13.9. The van der Waals surface area contributed by atoms with Crippen molar-refractivity contribution in [2.24, 2.45) is 0 Å². The van der Waals surface area contributed by atoms with Gasteiger partial charge in [-0.05, 0) is 34.9 Å². The van der Waals surface area contributed by atoms with Gasteiger partial charge in [-0.1, -0.05) is 42.5 Å². The molecule has 2 heterocycles. The Morgan fingerprint density at radius 2 is 2.12 bits per heavy atom. The number of aromatic amines is 1. The maximum absolute atomic E-state index is 12.1. The minimum absolute atomic E-state index is 0.257. The fourth-order valence-corrected chi connectivity index (χ4v) is 4.18. The number of nitrogens with zero attached hydrogens (tertiary/aromatic N) is 1. The molecular formula is C20H18N2O2S. The van der Waals surface area contributed by atoms with E-state index in [0.29, 0.717) is 12.3 Å². The average Bonchev–Trinajstić information content (AvgIpc) is 3.32. The van der Waals surface area contributed by atoms with Crippen molar-refractivity contribution in [2.45, 2.75) is 18.8 Å². The summed E-state index contributed by atoms with van der Waals surface area (Å²) in [6.45, 7) is 2.14. The molecule has 0 spiro atoms. The van der Waals surface area contributed by atoms with Crippen LogP contribution in [0.3, 0.4) is 0 Å². The molecule has 5 heteroatoms. The molecule has 25 heavy (non-hydrogen) atoms. The first-order chi connectivity index (χ1) is 12.2. The first kappa shape index (κ1) is 15.8. The molecule has 0 saturated heterocycles. The summed E-state index contributed by atoms with van der Waals surface area (Å²) in [6, 6.07) is 12.6. The second-order valence-electron chi connectivity index (χ2n) is 6.04. The van der Waals surface area contributed by atoms with Crippen LogP contribution in [0.1, 0.15) is 39.8 Å². The molecule has 1 aliphatic rings. The van der Waals surface area contributed by atoms with Gasteiger partial charge in [0, 0.05) is 23.1 Å². The molecule has 4 nitrogen and oxygen atoms in total. The molecule has 0 saturated carbocycles. The van der Waals surface area contributed by atoms with E-state index in [9.17, 15) is 4.79 Å². The SMILES string of the molecule is CCOC(=O)c1n[nH]c2c1C=CC(c1ccccc1)(c1ccsc1)C2. The lowest BCUT2D eigenvalue weighted by Gasteiger charge is -2.33. The van der Waals surface area contributed by atoms with Gasteiger partial charge in [0.2, 0.25) is 0 Å². The summed E-state index contributed by atoms with van der Waals surface area (Å²) in [5.41, 5.74) is 4.37. The van der Waals surface area contributed by atoms with Gasteiger partial charge in [0.1, 0.15) is 0 Å². The molecular weight excluding hydrogens is 332 g/mol. The zero-order chi connectivity index (χ0) is 17.3. The molecule has 0 bridgehead atoms. The van der Waals surface area contributed by atoms with Crippen LogP contribution in [-0.4, -0.2) is 22.8 Å². The van der Waals surface area contributed by atoms with Crippen molar-refractivity contribution in [3.63, 3.8) is 0 Å². The molecule has 0 amide bonds. The highest BCUT2D eigenvalue weighted by Gasteiger charge is 2.37. The number of esters is 1. The van der Waals surface area contributed by atoms with Gasteiger partial charge in [-0.15, -0.1) is 0 Å². The van der Waals surface area contributed by atoms with Gasteiger partial charge in [-0.25, -0.2) is 4.79 Å². The van der Waals surface area contributed by atoms with Crippen molar-refractivity contribution in [3.05, 3.63) is 81.3 Å². The summed E-state index contributed by atoms with van der Waals surface area (Å²) in [7, 11) is 0. The van der Waals surface area contributed by atoms with Crippen molar-refractivity contribution < 1.29 is 9.53 Å². The van der Waals surface area contributed by atoms with E-state index in [4.69, 9.17) is 4.74 Å². The number of rotatable bonds is 4. The Labute approximate surface area is 150 Å². The monoisotopic (exact) mass is 350 g/mol. The Morgan fingerprint density at radius 3 is 2.84 bits per heavy atom. The Bertz CT molecular complexity index is 913. The summed E-state index contributed by atoms with van der Waals surface area (Å²) in [4.78, 5) is 12.1. The maximum Gasteiger partial charge on any atom is 0.359 e. The summed E-state index contributed by atoms with van der Waals surface area (Å²) in [6.07, 6.45) is 4.91. The number of hydrogen-bond acceptors (Lipinski definition) is 4. The van der Waals surface area contributed by atoms with Crippen molar-refractivity contribution in [2.75, 3.05) is 6.61 Å². The highest BCUT2D eigenvalue weighted by atomic mass is 32.1. The van der Waals surface area contributed by atoms with E-state index in [1.165, 1.54) is 11.1 Å². The largest absolute Gasteiger partial charge is 0.461 e. The van der Waals surface area contributed by atoms with Crippen molar-refractivity contribution in [1.29, 1.82) is 0 Å². The Balaban J connectivity index is 1.81. The minimum Gasteiger partial charge on any atom is -0.461 e. The van der Waals surface area contributed by atoms with Gasteiger partial charge >= 0.3 is 5.97 Å². The van der Waals surface area contributed by atoms with Crippen LogP contribution in [0.4, 0.5) is 0 Å². The molecule has 1 N–H and O–H groups in total. The second-order valence-corrected chi connectivity index (χ2v) is 6.82. The van der Waals surface area contributed by atoms with E-state index in [1.807, 2.05) is 12.1 Å². The molecule has 0 aliphatic heterocycles. The average molecular weight is 350 g/mol. The Hall–Kier alpha value is -2.66. The first-order valence-corrected chi connectivity index (χ1v) is 9.20. The first-order valence-electron chi connectivity index (χ1n) is 8.26. The number of carbonyl (C=O) groups is 1. The lowest BCUT2D eigenvalue weighted by atomic mass is 9.69. The fraction of sp³-hybridized carbons (Fsp3) is 0.200. The van der Waals surface area contributed by atoms with E-state index >= 15 is 0 Å². The summed E-state index contributed by atoms with van der Waals surface area (Å²) in [5, 5.41) is 11.5. The molecule has 1 aromatic carbocycles. The normalized spacial score (nSPS) is 18.8. The predicted octanol–water partition coefficient (Wildman–Crippen LogP) is 4.20. The third kappa shape index (κ3) is 2.61. The lowest BCUT2D eigenvalue weighted by Crippen LogP contribution is -2.30. The molecule has 4 rings (SSSR count). The number of H-pyrrole nitrogens is 1. The number of carbonyl (C=O) groups excluding carboxylic acids is 1. The molecule has 126 valence electrons. The van der Waals surface area contributed by atoms with E-state index < -0.39 is 0 Å². The minimum atomic E-state index is -0.382. The standard InChI is InChI=1S/C20H18N2O2S/c1-2-24-19(23)18-16-8-10-20(12-17(16)21-22-18,15-9-11-25-13-15)14-6-4-3-5-7-14/h3-11,13H,2,12H2,1H3,(H,21,22). The molecule has 1 unspecified atom stereocenters. The van der Waals surface area contributed by atoms with Crippen LogP contribution in [-0.2, 0) is 16.6 Å². The molecule has 0 fully saturated rings. The molecule has 3 aromatic rings. The van der Waals surface area contributed by atoms with Crippen LogP contribution >= 0.6 is 11.3 Å². The third-order valence-electron chi connectivity index (χ3n) is 4.67. The zero-order valence-corrected chi connectivity index (χ0v) is 14.7. The molecule has 1 atom stereocenters. The number of benzene rings is 1. The lowest BCUT2D eigenvalue weighted by molar-refractivity contribution is 0.0519. The van der Waals surface area contributed by atoms with Crippen molar-refractivity contribution >= 4 is 23.4 Å². The van der Waals surface area contributed by atoms with Gasteiger partial charge in [-0.3, -0.25) is 5.10 Å². The van der Waals surface area contributed by atoms with Gasteiger partial charge < -0.3 is 4.74 Å². The van der Waals surface area contributed by atoms with Crippen LogP contribution in [0, 0.1) is 0 Å². The van der Waals surface area contributed by atoms with Gasteiger partial charge in [0.15, 0.2) is 5.69 Å². The van der Waals surface area contributed by atoms with Crippen LogP contribution in [0.2, 0.25) is 0 Å². The van der Waals surface area contributed by atoms with Gasteiger partial charge in [0.05, 0.1) is 6.61 Å². The topological polar surface area (TPSA) is 55.0 Å². The number of allylic oxidation sites excluding steroid dienone is 1. The number of aromatic nitrogens is 2. The summed E-state index contributed by atoms with van der Waals surface area (Å²) in [5.74, 6) is -0.382. The second kappa shape index (κ2) is 6.33. The fourth-order valence-electron chi connectivity index (χ4n) is 3.44. The number of fused-ring (bicyclic) bond motifs is 1. The number of ether oxygens (including phenoxy) is 1. The van der Waals surface area contributed by atoms with E-state index in [0.717, 1.165) is 17.7 Å². The number of thiophene rings is 1. The van der Waals surface area contributed by atoms with Crippen LogP contribution < -0.4 is 0 Å². The quantitative estimate of drug-likeness (QED) is 0.717. The predicted molar refractivity (Wildman–Crippen MR) is 98.8 cm³/mol. The Kier molecular flexibility index (Phi) is 4.01. The van der Waals surface area contributed by atoms with Crippen LogP contribution in [0.5, 0.6) is 0 Å². The highest BCUT2D eigenvalue weighted by molar-refractivity contribution is 7.08.